The Morgan fingerprint density at radius 1 is 1.20 bits per heavy atom. The SMILES string of the molecule is Cc1cc2nc(C(NS(=O)(=O)N3CCCCC3)C(C)C)cc(=O)n2[nH]1. The van der Waals surface area contributed by atoms with Crippen molar-refractivity contribution in [3.8, 4) is 0 Å². The second kappa shape index (κ2) is 6.89. The van der Waals surface area contributed by atoms with Crippen molar-refractivity contribution < 1.29 is 8.42 Å². The van der Waals surface area contributed by atoms with Gasteiger partial charge >= 0.3 is 0 Å². The van der Waals surface area contributed by atoms with Crippen LogP contribution in [0.2, 0.25) is 0 Å². The Hall–Kier alpha value is -1.71. The highest BCUT2D eigenvalue weighted by molar-refractivity contribution is 7.87. The number of hydrogen-bond acceptors (Lipinski definition) is 4. The van der Waals surface area contributed by atoms with Crippen molar-refractivity contribution in [2.75, 3.05) is 13.1 Å². The molecular weight excluding hydrogens is 342 g/mol. The van der Waals surface area contributed by atoms with Crippen molar-refractivity contribution in [3.05, 3.63) is 33.9 Å². The maximum Gasteiger partial charge on any atom is 0.280 e. The van der Waals surface area contributed by atoms with Gasteiger partial charge in [0.05, 0.1) is 11.7 Å². The molecule has 0 saturated carbocycles. The monoisotopic (exact) mass is 367 g/mol. The first-order chi connectivity index (χ1) is 11.8. The molecule has 3 heterocycles. The Balaban J connectivity index is 1.95. The van der Waals surface area contributed by atoms with Crippen LogP contribution in [0.3, 0.4) is 0 Å². The van der Waals surface area contributed by atoms with Crippen molar-refractivity contribution in [2.24, 2.45) is 5.92 Å². The Bertz CT molecular complexity index is 909. The average Bonchev–Trinajstić information content (AvgIpc) is 2.94. The van der Waals surface area contributed by atoms with Crippen LogP contribution in [-0.4, -0.2) is 40.4 Å². The lowest BCUT2D eigenvalue weighted by atomic mass is 10.0. The highest BCUT2D eigenvalue weighted by Gasteiger charge is 2.30. The van der Waals surface area contributed by atoms with Gasteiger partial charge in [-0.05, 0) is 25.7 Å². The summed E-state index contributed by atoms with van der Waals surface area (Å²) in [6.45, 7) is 6.73. The highest BCUT2D eigenvalue weighted by Crippen LogP contribution is 2.22. The molecule has 2 N–H and O–H groups in total. The molecule has 2 aromatic heterocycles. The molecule has 0 aliphatic carbocycles. The largest absolute Gasteiger partial charge is 0.294 e. The van der Waals surface area contributed by atoms with Crippen molar-refractivity contribution in [2.45, 2.75) is 46.1 Å². The van der Waals surface area contributed by atoms with Gasteiger partial charge in [-0.3, -0.25) is 9.89 Å². The normalized spacial score (nSPS) is 18.1. The predicted molar refractivity (Wildman–Crippen MR) is 95.6 cm³/mol. The van der Waals surface area contributed by atoms with Gasteiger partial charge in [0.2, 0.25) is 0 Å². The minimum atomic E-state index is -3.61. The van der Waals surface area contributed by atoms with Crippen LogP contribution in [0.5, 0.6) is 0 Å². The Kier molecular flexibility index (Phi) is 4.99. The van der Waals surface area contributed by atoms with Gasteiger partial charge in [-0.15, -0.1) is 0 Å². The van der Waals surface area contributed by atoms with Crippen molar-refractivity contribution >= 4 is 15.9 Å². The summed E-state index contributed by atoms with van der Waals surface area (Å²) >= 11 is 0. The summed E-state index contributed by atoms with van der Waals surface area (Å²) in [6, 6.07) is 2.60. The van der Waals surface area contributed by atoms with Gasteiger partial charge in [-0.25, -0.2) is 9.50 Å². The van der Waals surface area contributed by atoms with E-state index in [-0.39, 0.29) is 11.5 Å². The topological polar surface area (TPSA) is 99.6 Å². The fraction of sp³-hybridized carbons (Fsp3) is 0.625. The quantitative estimate of drug-likeness (QED) is 0.833. The van der Waals surface area contributed by atoms with Gasteiger partial charge in [0.25, 0.3) is 15.8 Å². The van der Waals surface area contributed by atoms with Gasteiger partial charge in [0, 0.05) is 30.9 Å². The maximum absolute atomic E-state index is 12.7. The summed E-state index contributed by atoms with van der Waals surface area (Å²) in [4.78, 5) is 16.8. The molecule has 3 rings (SSSR count). The van der Waals surface area contributed by atoms with Crippen LogP contribution in [0, 0.1) is 12.8 Å². The summed E-state index contributed by atoms with van der Waals surface area (Å²) in [6.07, 6.45) is 2.81. The molecule has 0 amide bonds. The molecular formula is C16H25N5O3S. The average molecular weight is 367 g/mol. The standard InChI is InChI=1S/C16H25N5O3S/c1-11(2)16(19-25(23,24)20-7-5-4-6-8-20)13-10-15(22)21-14(17-13)9-12(3)18-21/h9-11,16,18-19H,4-8H2,1-3H3. The van der Waals surface area contributed by atoms with Gasteiger partial charge < -0.3 is 0 Å². The minimum Gasteiger partial charge on any atom is -0.294 e. The van der Waals surface area contributed by atoms with Crippen LogP contribution in [0.1, 0.15) is 50.5 Å². The smallest absolute Gasteiger partial charge is 0.280 e. The fourth-order valence-electron chi connectivity index (χ4n) is 3.17. The summed E-state index contributed by atoms with van der Waals surface area (Å²) in [5, 5.41) is 2.92. The summed E-state index contributed by atoms with van der Waals surface area (Å²) < 4.78 is 31.0. The zero-order valence-corrected chi connectivity index (χ0v) is 15.6. The summed E-state index contributed by atoms with van der Waals surface area (Å²) in [5.74, 6) is -0.0473. The third-order valence-corrected chi connectivity index (χ3v) is 6.11. The molecule has 1 unspecified atom stereocenters. The van der Waals surface area contributed by atoms with Gasteiger partial charge in [0.1, 0.15) is 0 Å². The zero-order chi connectivity index (χ0) is 18.2. The molecule has 1 aliphatic rings. The molecule has 1 saturated heterocycles. The maximum atomic E-state index is 12.7. The Morgan fingerprint density at radius 3 is 2.52 bits per heavy atom. The number of nitrogens with zero attached hydrogens (tertiary/aromatic N) is 3. The molecule has 0 radical (unpaired) electrons. The van der Waals surface area contributed by atoms with E-state index in [0.29, 0.717) is 24.4 Å². The summed E-state index contributed by atoms with van der Waals surface area (Å²) in [5.41, 5.74) is 1.50. The number of aryl methyl sites for hydroxylation is 1. The number of rotatable bonds is 5. The molecule has 0 spiro atoms. The van der Waals surface area contributed by atoms with E-state index in [1.807, 2.05) is 20.8 Å². The van der Waals surface area contributed by atoms with Crippen molar-refractivity contribution in [3.63, 3.8) is 0 Å². The molecule has 0 aromatic carbocycles. The van der Waals surface area contributed by atoms with Crippen molar-refractivity contribution in [1.82, 2.24) is 23.6 Å². The molecule has 0 bridgehead atoms. The number of aromatic amines is 1. The van der Waals surface area contributed by atoms with E-state index in [0.717, 1.165) is 25.0 Å². The van der Waals surface area contributed by atoms with E-state index in [4.69, 9.17) is 0 Å². The predicted octanol–water partition coefficient (Wildman–Crippen LogP) is 1.35. The van der Waals surface area contributed by atoms with Crippen LogP contribution >= 0.6 is 0 Å². The molecule has 1 fully saturated rings. The van der Waals surface area contributed by atoms with Crippen LogP contribution < -0.4 is 10.3 Å². The molecule has 1 aliphatic heterocycles. The van der Waals surface area contributed by atoms with E-state index in [1.54, 1.807) is 6.07 Å². The zero-order valence-electron chi connectivity index (χ0n) is 14.8. The minimum absolute atomic E-state index is 0.0473. The van der Waals surface area contributed by atoms with Crippen molar-refractivity contribution in [1.29, 1.82) is 0 Å². The summed E-state index contributed by atoms with van der Waals surface area (Å²) in [7, 11) is -3.61. The van der Waals surface area contributed by atoms with E-state index < -0.39 is 16.3 Å². The number of fused-ring (bicyclic) bond motifs is 1. The third-order valence-electron chi connectivity index (χ3n) is 4.51. The fourth-order valence-corrected chi connectivity index (χ4v) is 4.77. The van der Waals surface area contributed by atoms with E-state index in [2.05, 4.69) is 14.8 Å². The molecule has 9 heteroatoms. The van der Waals surface area contributed by atoms with E-state index >= 15 is 0 Å². The van der Waals surface area contributed by atoms with Gasteiger partial charge in [0.15, 0.2) is 5.65 Å². The van der Waals surface area contributed by atoms with Crippen LogP contribution in [0.4, 0.5) is 0 Å². The Morgan fingerprint density at radius 2 is 1.88 bits per heavy atom. The number of H-pyrrole nitrogens is 1. The van der Waals surface area contributed by atoms with Gasteiger partial charge in [-0.2, -0.15) is 17.4 Å². The van der Waals surface area contributed by atoms with Crippen LogP contribution in [0.15, 0.2) is 16.9 Å². The third kappa shape index (κ3) is 3.78. The molecule has 138 valence electrons. The molecule has 1 atom stereocenters. The number of nitrogens with one attached hydrogen (secondary N) is 2. The van der Waals surface area contributed by atoms with Crippen LogP contribution in [0.25, 0.3) is 5.65 Å². The van der Waals surface area contributed by atoms with Gasteiger partial charge in [-0.1, -0.05) is 20.3 Å². The molecule has 2 aromatic rings. The number of piperidine rings is 1. The molecule has 8 nitrogen and oxygen atoms in total. The molecule has 25 heavy (non-hydrogen) atoms. The van der Waals surface area contributed by atoms with E-state index in [9.17, 15) is 13.2 Å². The lowest BCUT2D eigenvalue weighted by Crippen LogP contribution is -2.46. The van der Waals surface area contributed by atoms with Crippen LogP contribution in [-0.2, 0) is 10.2 Å². The second-order valence-corrected chi connectivity index (χ2v) is 8.66. The second-order valence-electron chi connectivity index (χ2n) is 6.96. The Labute approximate surface area is 147 Å². The highest BCUT2D eigenvalue weighted by atomic mass is 32.2. The number of aromatic nitrogens is 3. The first-order valence-corrected chi connectivity index (χ1v) is 10.1. The lowest BCUT2D eigenvalue weighted by Gasteiger charge is -2.29. The lowest BCUT2D eigenvalue weighted by molar-refractivity contribution is 0.332. The number of hydrogen-bond donors (Lipinski definition) is 2. The first kappa shape index (κ1) is 18.1. The van der Waals surface area contributed by atoms with E-state index in [1.165, 1.54) is 14.9 Å². The first-order valence-electron chi connectivity index (χ1n) is 8.64.